The zero-order valence-electron chi connectivity index (χ0n) is 8.79. The molecular weight excluding hydrogens is 197 g/mol. The fraction of sp³-hybridized carbons (Fsp3) is 0.364. The third kappa shape index (κ3) is 3.23. The summed E-state index contributed by atoms with van der Waals surface area (Å²) in [7, 11) is 0. The van der Waals surface area contributed by atoms with E-state index in [9.17, 15) is 9.18 Å². The summed E-state index contributed by atoms with van der Waals surface area (Å²) in [5.74, 6) is -0.489. The van der Waals surface area contributed by atoms with E-state index >= 15 is 0 Å². The molecule has 0 heterocycles. The number of aryl methyl sites for hydroxylation is 1. The molecular formula is C11H14FNO2. The van der Waals surface area contributed by atoms with E-state index in [2.05, 4.69) is 0 Å². The summed E-state index contributed by atoms with van der Waals surface area (Å²) in [6, 6.07) is 4.24. The molecule has 1 rings (SSSR count). The van der Waals surface area contributed by atoms with Crippen molar-refractivity contribution in [2.24, 2.45) is 11.7 Å². The Morgan fingerprint density at radius 3 is 2.80 bits per heavy atom. The van der Waals surface area contributed by atoms with E-state index < -0.39 is 5.91 Å². The van der Waals surface area contributed by atoms with Gasteiger partial charge in [0.1, 0.15) is 11.6 Å². The van der Waals surface area contributed by atoms with E-state index in [4.69, 9.17) is 10.5 Å². The normalized spacial score (nSPS) is 12.2. The number of halogens is 1. The monoisotopic (exact) mass is 211 g/mol. The number of primary amides is 1. The average molecular weight is 211 g/mol. The number of amides is 1. The Balaban J connectivity index is 2.62. The minimum atomic E-state index is -0.408. The number of rotatable bonds is 4. The van der Waals surface area contributed by atoms with Crippen LogP contribution in [-0.2, 0) is 4.79 Å². The summed E-state index contributed by atoms with van der Waals surface area (Å²) in [6.07, 6.45) is 0. The van der Waals surface area contributed by atoms with Crippen LogP contribution in [0.4, 0.5) is 4.39 Å². The molecule has 0 spiro atoms. The first-order valence-corrected chi connectivity index (χ1v) is 4.69. The predicted octanol–water partition coefficient (Wildman–Crippen LogP) is 1.63. The first-order valence-electron chi connectivity index (χ1n) is 4.69. The van der Waals surface area contributed by atoms with Crippen molar-refractivity contribution in [3.05, 3.63) is 29.6 Å². The zero-order chi connectivity index (χ0) is 11.4. The maximum atomic E-state index is 12.7. The quantitative estimate of drug-likeness (QED) is 0.823. The Morgan fingerprint density at radius 1 is 1.60 bits per heavy atom. The van der Waals surface area contributed by atoms with Gasteiger partial charge < -0.3 is 10.5 Å². The molecule has 1 amide bonds. The predicted molar refractivity (Wildman–Crippen MR) is 55.0 cm³/mol. The topological polar surface area (TPSA) is 52.3 Å². The van der Waals surface area contributed by atoms with E-state index in [0.717, 1.165) is 0 Å². The first kappa shape index (κ1) is 11.5. The van der Waals surface area contributed by atoms with Crippen molar-refractivity contribution in [3.8, 4) is 5.75 Å². The summed E-state index contributed by atoms with van der Waals surface area (Å²) in [4.78, 5) is 10.7. The van der Waals surface area contributed by atoms with Gasteiger partial charge in [0, 0.05) is 0 Å². The maximum absolute atomic E-state index is 12.7. The number of hydrogen-bond acceptors (Lipinski definition) is 2. The molecule has 4 heteroatoms. The van der Waals surface area contributed by atoms with Crippen LogP contribution < -0.4 is 10.5 Å². The van der Waals surface area contributed by atoms with Crippen LogP contribution in [0.2, 0.25) is 0 Å². The number of carbonyl (C=O) groups excluding carboxylic acids is 1. The molecule has 0 saturated carbocycles. The highest BCUT2D eigenvalue weighted by Gasteiger charge is 2.10. The summed E-state index contributed by atoms with van der Waals surface area (Å²) in [5.41, 5.74) is 5.78. The first-order chi connectivity index (χ1) is 7.00. The third-order valence-electron chi connectivity index (χ3n) is 2.11. The van der Waals surface area contributed by atoms with Gasteiger partial charge in [0.25, 0.3) is 0 Å². The van der Waals surface area contributed by atoms with Gasteiger partial charge in [0.05, 0.1) is 12.5 Å². The van der Waals surface area contributed by atoms with Gasteiger partial charge in [-0.15, -0.1) is 0 Å². The summed E-state index contributed by atoms with van der Waals surface area (Å²) >= 11 is 0. The number of ether oxygens (including phenoxy) is 1. The molecule has 1 aromatic carbocycles. The van der Waals surface area contributed by atoms with Crippen LogP contribution >= 0.6 is 0 Å². The Morgan fingerprint density at radius 2 is 2.27 bits per heavy atom. The van der Waals surface area contributed by atoms with E-state index in [1.807, 2.05) is 0 Å². The number of benzene rings is 1. The molecule has 0 aromatic heterocycles. The van der Waals surface area contributed by atoms with Gasteiger partial charge in [-0.2, -0.15) is 0 Å². The van der Waals surface area contributed by atoms with Gasteiger partial charge in [-0.3, -0.25) is 4.79 Å². The van der Waals surface area contributed by atoms with Crippen LogP contribution in [0.5, 0.6) is 5.75 Å². The highest BCUT2D eigenvalue weighted by molar-refractivity contribution is 5.76. The molecule has 1 aromatic rings. The highest BCUT2D eigenvalue weighted by atomic mass is 19.1. The van der Waals surface area contributed by atoms with Crippen molar-refractivity contribution >= 4 is 5.91 Å². The second kappa shape index (κ2) is 4.77. The highest BCUT2D eigenvalue weighted by Crippen LogP contribution is 2.18. The molecule has 1 atom stereocenters. The van der Waals surface area contributed by atoms with Crippen LogP contribution in [0.3, 0.4) is 0 Å². The Hall–Kier alpha value is -1.58. The lowest BCUT2D eigenvalue weighted by Crippen LogP contribution is -2.25. The Kier molecular flexibility index (Phi) is 3.66. The van der Waals surface area contributed by atoms with Gasteiger partial charge in [-0.25, -0.2) is 4.39 Å². The van der Waals surface area contributed by atoms with Crippen molar-refractivity contribution in [3.63, 3.8) is 0 Å². The second-order valence-corrected chi connectivity index (χ2v) is 3.52. The van der Waals surface area contributed by atoms with Crippen molar-refractivity contribution < 1.29 is 13.9 Å². The van der Waals surface area contributed by atoms with Gasteiger partial charge in [-0.05, 0) is 30.7 Å². The van der Waals surface area contributed by atoms with Crippen LogP contribution in [0, 0.1) is 18.7 Å². The average Bonchev–Trinajstić information content (AvgIpc) is 2.15. The van der Waals surface area contributed by atoms with Crippen molar-refractivity contribution in [2.45, 2.75) is 13.8 Å². The zero-order valence-corrected chi connectivity index (χ0v) is 8.79. The van der Waals surface area contributed by atoms with Gasteiger partial charge in [-0.1, -0.05) is 6.92 Å². The van der Waals surface area contributed by atoms with E-state index in [1.54, 1.807) is 19.9 Å². The molecule has 0 fully saturated rings. The molecule has 0 bridgehead atoms. The molecule has 2 N–H and O–H groups in total. The summed E-state index contributed by atoms with van der Waals surface area (Å²) in [6.45, 7) is 3.64. The van der Waals surface area contributed by atoms with Gasteiger partial charge >= 0.3 is 0 Å². The van der Waals surface area contributed by atoms with Crippen molar-refractivity contribution in [1.82, 2.24) is 0 Å². The molecule has 1 unspecified atom stereocenters. The minimum Gasteiger partial charge on any atom is -0.492 e. The second-order valence-electron chi connectivity index (χ2n) is 3.52. The van der Waals surface area contributed by atoms with Crippen LogP contribution in [-0.4, -0.2) is 12.5 Å². The van der Waals surface area contributed by atoms with Gasteiger partial charge in [0.15, 0.2) is 0 Å². The number of hydrogen-bond donors (Lipinski definition) is 1. The molecule has 15 heavy (non-hydrogen) atoms. The molecule has 3 nitrogen and oxygen atoms in total. The molecule has 82 valence electrons. The lowest BCUT2D eigenvalue weighted by atomic mass is 10.2. The minimum absolute atomic E-state index is 0.210. The van der Waals surface area contributed by atoms with Crippen molar-refractivity contribution in [2.75, 3.05) is 6.61 Å². The summed E-state index contributed by atoms with van der Waals surface area (Å²) in [5, 5.41) is 0. The third-order valence-corrected chi connectivity index (χ3v) is 2.11. The van der Waals surface area contributed by atoms with E-state index in [1.165, 1.54) is 12.1 Å². The molecule has 0 aliphatic heterocycles. The van der Waals surface area contributed by atoms with Crippen LogP contribution in [0.1, 0.15) is 12.5 Å². The van der Waals surface area contributed by atoms with Crippen LogP contribution in [0.25, 0.3) is 0 Å². The number of nitrogens with two attached hydrogens (primary N) is 1. The number of carbonyl (C=O) groups is 1. The standard InChI is InChI=1S/C11H14FNO2/c1-7-5-9(12)3-4-10(7)15-6-8(2)11(13)14/h3-5,8H,6H2,1-2H3,(H2,13,14). The van der Waals surface area contributed by atoms with Gasteiger partial charge in [0.2, 0.25) is 5.91 Å². The fourth-order valence-corrected chi connectivity index (χ4v) is 1.07. The smallest absolute Gasteiger partial charge is 0.223 e. The largest absolute Gasteiger partial charge is 0.492 e. The lowest BCUT2D eigenvalue weighted by Gasteiger charge is -2.11. The van der Waals surface area contributed by atoms with E-state index in [-0.39, 0.29) is 18.3 Å². The van der Waals surface area contributed by atoms with Crippen molar-refractivity contribution in [1.29, 1.82) is 0 Å². The molecule has 0 aliphatic rings. The Labute approximate surface area is 88.0 Å². The Bertz CT molecular complexity index is 366. The molecule has 0 aliphatic carbocycles. The van der Waals surface area contributed by atoms with E-state index in [0.29, 0.717) is 11.3 Å². The molecule has 0 saturated heterocycles. The SMILES string of the molecule is Cc1cc(F)ccc1OCC(C)C(N)=O. The fourth-order valence-electron chi connectivity index (χ4n) is 1.07. The summed E-state index contributed by atoms with van der Waals surface area (Å²) < 4.78 is 18.1. The lowest BCUT2D eigenvalue weighted by molar-refractivity contribution is -0.122. The molecule has 0 radical (unpaired) electrons. The maximum Gasteiger partial charge on any atom is 0.223 e. The van der Waals surface area contributed by atoms with Crippen LogP contribution in [0.15, 0.2) is 18.2 Å².